The van der Waals surface area contributed by atoms with E-state index in [1.807, 2.05) is 25.3 Å². The van der Waals surface area contributed by atoms with Crippen LogP contribution in [0.2, 0.25) is 0 Å². The zero-order valence-electron chi connectivity index (χ0n) is 11.4. The van der Waals surface area contributed by atoms with Crippen LogP contribution >= 0.6 is 11.3 Å². The molecule has 0 amide bonds. The molecule has 0 aliphatic heterocycles. The van der Waals surface area contributed by atoms with Gasteiger partial charge in [0, 0.05) is 4.88 Å². The Labute approximate surface area is 117 Å². The van der Waals surface area contributed by atoms with Gasteiger partial charge in [-0.1, -0.05) is 6.42 Å². The van der Waals surface area contributed by atoms with Gasteiger partial charge < -0.3 is 9.73 Å². The molecule has 0 fully saturated rings. The summed E-state index contributed by atoms with van der Waals surface area (Å²) in [5.74, 6) is 1.32. The van der Waals surface area contributed by atoms with Crippen LogP contribution in [0.3, 0.4) is 0 Å². The number of hydrogen-bond donors (Lipinski definition) is 1. The normalized spacial score (nSPS) is 16.9. The van der Waals surface area contributed by atoms with Crippen molar-refractivity contribution in [2.24, 2.45) is 0 Å². The number of rotatable bonds is 3. The summed E-state index contributed by atoms with van der Waals surface area (Å²) >= 11 is 1.82. The van der Waals surface area contributed by atoms with Crippen LogP contribution in [0, 0.1) is 0 Å². The summed E-state index contributed by atoms with van der Waals surface area (Å²) < 4.78 is 5.76. The highest BCUT2D eigenvalue weighted by molar-refractivity contribution is 7.15. The molecule has 5 heteroatoms. The highest BCUT2D eigenvalue weighted by atomic mass is 32.1. The van der Waals surface area contributed by atoms with Crippen molar-refractivity contribution in [3.05, 3.63) is 22.4 Å². The van der Waals surface area contributed by atoms with E-state index in [-0.39, 0.29) is 6.04 Å². The average Bonchev–Trinajstić information content (AvgIpc) is 3.01. The van der Waals surface area contributed by atoms with Crippen molar-refractivity contribution in [3.8, 4) is 10.8 Å². The Balaban J connectivity index is 1.88. The zero-order chi connectivity index (χ0) is 13.2. The van der Waals surface area contributed by atoms with Crippen LogP contribution in [0.25, 0.3) is 10.8 Å². The summed E-state index contributed by atoms with van der Waals surface area (Å²) in [6, 6.07) is 2.34. The Morgan fingerprint density at radius 1 is 1.26 bits per heavy atom. The van der Waals surface area contributed by atoms with Crippen LogP contribution in [0.5, 0.6) is 0 Å². The van der Waals surface area contributed by atoms with Crippen LogP contribution in [0.15, 0.2) is 10.5 Å². The lowest BCUT2D eigenvalue weighted by molar-refractivity contribution is 0.442. The lowest BCUT2D eigenvalue weighted by atomic mass is 10.1. The van der Waals surface area contributed by atoms with E-state index in [4.69, 9.17) is 4.42 Å². The molecule has 0 saturated carbocycles. The Morgan fingerprint density at radius 2 is 2.11 bits per heavy atom. The van der Waals surface area contributed by atoms with Crippen LogP contribution in [-0.2, 0) is 12.8 Å². The van der Waals surface area contributed by atoms with Crippen molar-refractivity contribution >= 4 is 11.3 Å². The van der Waals surface area contributed by atoms with Crippen LogP contribution in [-0.4, -0.2) is 17.2 Å². The molecule has 102 valence electrons. The molecule has 0 bridgehead atoms. The molecule has 1 unspecified atom stereocenters. The van der Waals surface area contributed by atoms with Gasteiger partial charge in [0.2, 0.25) is 5.89 Å². The summed E-state index contributed by atoms with van der Waals surface area (Å²) in [5.41, 5.74) is 1.49. The van der Waals surface area contributed by atoms with Gasteiger partial charge in [-0.2, -0.15) is 0 Å². The second kappa shape index (κ2) is 5.43. The molecule has 0 saturated heterocycles. The minimum atomic E-state index is 0.0963. The van der Waals surface area contributed by atoms with Gasteiger partial charge in [-0.15, -0.1) is 21.5 Å². The van der Waals surface area contributed by atoms with E-state index in [0.717, 1.165) is 4.88 Å². The highest BCUT2D eigenvalue weighted by Crippen LogP contribution is 2.34. The van der Waals surface area contributed by atoms with Crippen molar-refractivity contribution in [2.75, 3.05) is 7.05 Å². The van der Waals surface area contributed by atoms with E-state index in [1.165, 1.54) is 42.5 Å². The quantitative estimate of drug-likeness (QED) is 0.874. The Hall–Kier alpha value is -1.20. The fraction of sp³-hybridized carbons (Fsp3) is 0.571. The average molecular weight is 277 g/mol. The second-order valence-corrected chi connectivity index (χ2v) is 6.21. The van der Waals surface area contributed by atoms with Crippen LogP contribution in [0.4, 0.5) is 0 Å². The lowest BCUT2D eigenvalue weighted by Gasteiger charge is -2.01. The van der Waals surface area contributed by atoms with E-state index in [2.05, 4.69) is 21.6 Å². The van der Waals surface area contributed by atoms with Crippen molar-refractivity contribution < 1.29 is 4.42 Å². The maximum Gasteiger partial charge on any atom is 0.257 e. The van der Waals surface area contributed by atoms with Crippen molar-refractivity contribution in [2.45, 2.75) is 45.1 Å². The van der Waals surface area contributed by atoms with E-state index >= 15 is 0 Å². The molecule has 1 atom stereocenters. The largest absolute Gasteiger partial charge is 0.418 e. The SMILES string of the molecule is CNC(C)c1nnc(-c2cc3c(s2)CCCCC3)o1. The minimum Gasteiger partial charge on any atom is -0.418 e. The summed E-state index contributed by atoms with van der Waals surface area (Å²) in [7, 11) is 1.89. The van der Waals surface area contributed by atoms with E-state index in [0.29, 0.717) is 11.8 Å². The molecule has 2 aromatic rings. The fourth-order valence-corrected chi connectivity index (χ4v) is 3.58. The first-order chi connectivity index (χ1) is 9.28. The van der Waals surface area contributed by atoms with Gasteiger partial charge in [0.05, 0.1) is 10.9 Å². The van der Waals surface area contributed by atoms with Crippen LogP contribution in [0.1, 0.15) is 48.6 Å². The van der Waals surface area contributed by atoms with E-state index < -0.39 is 0 Å². The summed E-state index contributed by atoms with van der Waals surface area (Å²) in [4.78, 5) is 2.63. The molecule has 1 N–H and O–H groups in total. The third-order valence-electron chi connectivity index (χ3n) is 3.70. The molecule has 1 aliphatic rings. The van der Waals surface area contributed by atoms with Gasteiger partial charge in [-0.3, -0.25) is 0 Å². The Bertz CT molecular complexity index is 537. The lowest BCUT2D eigenvalue weighted by Crippen LogP contribution is -2.12. The first-order valence-electron chi connectivity index (χ1n) is 6.90. The molecule has 2 aromatic heterocycles. The number of fused-ring (bicyclic) bond motifs is 1. The molecule has 2 heterocycles. The maximum absolute atomic E-state index is 5.76. The molecule has 3 rings (SSSR count). The number of thiophene rings is 1. The summed E-state index contributed by atoms with van der Waals surface area (Å²) in [6.45, 7) is 2.01. The first-order valence-corrected chi connectivity index (χ1v) is 7.72. The number of aromatic nitrogens is 2. The number of aryl methyl sites for hydroxylation is 2. The van der Waals surface area contributed by atoms with Crippen molar-refractivity contribution in [1.29, 1.82) is 0 Å². The number of hydrogen-bond acceptors (Lipinski definition) is 5. The van der Waals surface area contributed by atoms with Crippen molar-refractivity contribution in [1.82, 2.24) is 15.5 Å². The predicted octanol–water partition coefficient (Wildman–Crippen LogP) is 3.35. The predicted molar refractivity (Wildman–Crippen MR) is 76.3 cm³/mol. The van der Waals surface area contributed by atoms with Gasteiger partial charge in [-0.05, 0) is 51.3 Å². The third-order valence-corrected chi connectivity index (χ3v) is 4.93. The smallest absolute Gasteiger partial charge is 0.257 e. The molecule has 1 aliphatic carbocycles. The molecule has 19 heavy (non-hydrogen) atoms. The topological polar surface area (TPSA) is 51.0 Å². The van der Waals surface area contributed by atoms with Gasteiger partial charge in [0.1, 0.15) is 0 Å². The molecular formula is C14H19N3OS. The number of nitrogens with zero attached hydrogens (tertiary/aromatic N) is 2. The monoisotopic (exact) mass is 277 g/mol. The van der Waals surface area contributed by atoms with Gasteiger partial charge in [-0.25, -0.2) is 0 Å². The molecule has 0 aromatic carbocycles. The van der Waals surface area contributed by atoms with E-state index in [1.54, 1.807) is 0 Å². The van der Waals surface area contributed by atoms with Gasteiger partial charge in [0.25, 0.3) is 5.89 Å². The van der Waals surface area contributed by atoms with Crippen LogP contribution < -0.4 is 5.32 Å². The van der Waals surface area contributed by atoms with Gasteiger partial charge >= 0.3 is 0 Å². The summed E-state index contributed by atoms with van der Waals surface area (Å²) in [6.07, 6.45) is 6.35. The first kappa shape index (κ1) is 12.8. The van der Waals surface area contributed by atoms with Crippen molar-refractivity contribution in [3.63, 3.8) is 0 Å². The maximum atomic E-state index is 5.76. The standard InChI is InChI=1S/C14H19N3OS/c1-9(15-2)13-16-17-14(18-13)12-8-10-6-4-3-5-7-11(10)19-12/h8-9,15H,3-7H2,1-2H3. The minimum absolute atomic E-state index is 0.0963. The highest BCUT2D eigenvalue weighted by Gasteiger charge is 2.18. The van der Waals surface area contributed by atoms with Gasteiger partial charge in [0.15, 0.2) is 0 Å². The Kier molecular flexibility index (Phi) is 3.66. The molecule has 4 nitrogen and oxygen atoms in total. The second-order valence-electron chi connectivity index (χ2n) is 5.08. The molecular weight excluding hydrogens is 258 g/mol. The number of nitrogens with one attached hydrogen (secondary N) is 1. The Morgan fingerprint density at radius 3 is 2.95 bits per heavy atom. The third kappa shape index (κ3) is 2.58. The molecule has 0 radical (unpaired) electrons. The van der Waals surface area contributed by atoms with E-state index in [9.17, 15) is 0 Å². The fourth-order valence-electron chi connectivity index (χ4n) is 2.41. The molecule has 0 spiro atoms. The zero-order valence-corrected chi connectivity index (χ0v) is 12.2. The summed E-state index contributed by atoms with van der Waals surface area (Å²) in [5, 5.41) is 11.4.